The summed E-state index contributed by atoms with van der Waals surface area (Å²) < 4.78 is 44.7. The Balaban J connectivity index is 0.000000339. The molecular formula is C18H22F3N5O5. The number of aryl methyl sites for hydroxylation is 1. The molecule has 0 spiro atoms. The van der Waals surface area contributed by atoms with E-state index in [1.165, 1.54) is 6.20 Å². The SMILES string of the molecule is Cn1ccnc1CN1C[C@H](NC(=O)c2ccno2)[C@@H]2OCCC[C@@H]21.O=C(O)C(F)(F)F. The van der Waals surface area contributed by atoms with Crippen LogP contribution in [-0.4, -0.2) is 74.1 Å². The number of hydrogen-bond acceptors (Lipinski definition) is 7. The van der Waals surface area contributed by atoms with Gasteiger partial charge < -0.3 is 24.3 Å². The van der Waals surface area contributed by atoms with Crippen LogP contribution in [0.15, 0.2) is 29.2 Å². The Morgan fingerprint density at radius 1 is 1.35 bits per heavy atom. The Labute approximate surface area is 175 Å². The fourth-order valence-corrected chi connectivity index (χ4v) is 3.67. The molecule has 0 radical (unpaired) electrons. The number of likely N-dealkylation sites (tertiary alicyclic amines) is 1. The maximum atomic E-state index is 12.3. The maximum Gasteiger partial charge on any atom is 0.490 e. The molecule has 2 N–H and O–H groups in total. The van der Waals surface area contributed by atoms with Gasteiger partial charge in [0, 0.05) is 44.7 Å². The van der Waals surface area contributed by atoms with Gasteiger partial charge in [-0.1, -0.05) is 5.16 Å². The molecule has 2 aromatic heterocycles. The maximum absolute atomic E-state index is 12.3. The Morgan fingerprint density at radius 3 is 2.68 bits per heavy atom. The molecule has 3 atom stereocenters. The third kappa shape index (κ3) is 5.61. The molecule has 2 aromatic rings. The number of alkyl halides is 3. The number of nitrogens with one attached hydrogen (secondary N) is 1. The molecule has 1 amide bonds. The first kappa shape index (κ1) is 22.7. The lowest BCUT2D eigenvalue weighted by Gasteiger charge is -2.32. The summed E-state index contributed by atoms with van der Waals surface area (Å²) in [6.45, 7) is 2.23. The number of imidazole rings is 1. The fourth-order valence-electron chi connectivity index (χ4n) is 3.67. The van der Waals surface area contributed by atoms with Crippen LogP contribution in [0.5, 0.6) is 0 Å². The number of halogens is 3. The number of carboxylic acid groups (broad SMARTS) is 1. The number of aromatic nitrogens is 3. The Bertz CT molecular complexity index is 886. The summed E-state index contributed by atoms with van der Waals surface area (Å²) >= 11 is 0. The van der Waals surface area contributed by atoms with Crippen molar-refractivity contribution >= 4 is 11.9 Å². The largest absolute Gasteiger partial charge is 0.490 e. The van der Waals surface area contributed by atoms with Gasteiger partial charge in [-0.3, -0.25) is 9.69 Å². The van der Waals surface area contributed by atoms with Gasteiger partial charge in [0.2, 0.25) is 5.76 Å². The van der Waals surface area contributed by atoms with E-state index in [1.807, 2.05) is 24.0 Å². The lowest BCUT2D eigenvalue weighted by atomic mass is 10.0. The molecule has 4 rings (SSSR count). The van der Waals surface area contributed by atoms with Crippen molar-refractivity contribution in [2.75, 3.05) is 13.2 Å². The van der Waals surface area contributed by atoms with E-state index in [4.69, 9.17) is 19.2 Å². The van der Waals surface area contributed by atoms with Crippen LogP contribution in [-0.2, 0) is 23.1 Å². The monoisotopic (exact) mass is 445 g/mol. The highest BCUT2D eigenvalue weighted by atomic mass is 19.4. The van der Waals surface area contributed by atoms with Crippen molar-refractivity contribution in [1.29, 1.82) is 0 Å². The molecule has 2 fully saturated rings. The number of nitrogens with zero attached hydrogens (tertiary/aromatic N) is 4. The first-order valence-electron chi connectivity index (χ1n) is 9.50. The van der Waals surface area contributed by atoms with Gasteiger partial charge in [-0.15, -0.1) is 0 Å². The highest BCUT2D eigenvalue weighted by Crippen LogP contribution is 2.30. The minimum absolute atomic E-state index is 0.00545. The molecule has 2 aliphatic heterocycles. The van der Waals surface area contributed by atoms with E-state index in [-0.39, 0.29) is 23.8 Å². The highest BCUT2D eigenvalue weighted by Gasteiger charge is 2.45. The fraction of sp³-hybridized carbons (Fsp3) is 0.556. The van der Waals surface area contributed by atoms with Gasteiger partial charge in [-0.05, 0) is 12.8 Å². The molecule has 2 saturated heterocycles. The summed E-state index contributed by atoms with van der Waals surface area (Å²) in [6, 6.07) is 1.80. The molecule has 13 heteroatoms. The van der Waals surface area contributed by atoms with Crippen molar-refractivity contribution < 1.29 is 37.1 Å². The Morgan fingerprint density at radius 2 is 2.10 bits per heavy atom. The Hall–Kier alpha value is -2.93. The van der Waals surface area contributed by atoms with Gasteiger partial charge in [0.1, 0.15) is 5.82 Å². The Kier molecular flexibility index (Phi) is 6.95. The molecule has 2 aliphatic rings. The number of carbonyl (C=O) groups excluding carboxylic acids is 1. The van der Waals surface area contributed by atoms with Gasteiger partial charge >= 0.3 is 12.1 Å². The van der Waals surface area contributed by atoms with Crippen LogP contribution in [0.4, 0.5) is 13.2 Å². The topological polar surface area (TPSA) is 123 Å². The van der Waals surface area contributed by atoms with Gasteiger partial charge in [-0.2, -0.15) is 13.2 Å². The predicted molar refractivity (Wildman–Crippen MR) is 97.8 cm³/mol. The summed E-state index contributed by atoms with van der Waals surface area (Å²) in [7, 11) is 2.00. The third-order valence-electron chi connectivity index (χ3n) is 5.12. The molecule has 10 nitrogen and oxygen atoms in total. The van der Waals surface area contributed by atoms with Gasteiger partial charge in [0.15, 0.2) is 0 Å². The van der Waals surface area contributed by atoms with Crippen LogP contribution < -0.4 is 5.32 Å². The number of ether oxygens (including phenoxy) is 1. The number of carbonyl (C=O) groups is 2. The van der Waals surface area contributed by atoms with Crippen molar-refractivity contribution in [3.8, 4) is 0 Å². The van der Waals surface area contributed by atoms with E-state index < -0.39 is 12.1 Å². The van der Waals surface area contributed by atoms with Crippen LogP contribution >= 0.6 is 0 Å². The van der Waals surface area contributed by atoms with Gasteiger partial charge in [0.25, 0.3) is 5.91 Å². The van der Waals surface area contributed by atoms with E-state index in [1.54, 1.807) is 6.07 Å². The summed E-state index contributed by atoms with van der Waals surface area (Å²) in [6.07, 6.45) is 2.26. The first-order valence-corrected chi connectivity index (χ1v) is 9.50. The minimum atomic E-state index is -5.08. The molecule has 4 heterocycles. The van der Waals surface area contributed by atoms with Gasteiger partial charge in [0.05, 0.1) is 24.9 Å². The average molecular weight is 445 g/mol. The smallest absolute Gasteiger partial charge is 0.475 e. The number of aliphatic carboxylic acids is 1. The first-order chi connectivity index (χ1) is 14.7. The van der Waals surface area contributed by atoms with Crippen molar-refractivity contribution in [1.82, 2.24) is 24.9 Å². The van der Waals surface area contributed by atoms with E-state index >= 15 is 0 Å². The normalized spacial score (nSPS) is 23.5. The van der Waals surface area contributed by atoms with E-state index in [9.17, 15) is 18.0 Å². The molecule has 0 unspecified atom stereocenters. The van der Waals surface area contributed by atoms with Gasteiger partial charge in [-0.25, -0.2) is 9.78 Å². The number of carboxylic acids is 1. The molecule has 0 saturated carbocycles. The lowest BCUT2D eigenvalue weighted by Crippen LogP contribution is -2.47. The van der Waals surface area contributed by atoms with E-state index in [0.717, 1.165) is 38.4 Å². The second-order valence-electron chi connectivity index (χ2n) is 7.19. The predicted octanol–water partition coefficient (Wildman–Crippen LogP) is 1.20. The van der Waals surface area contributed by atoms with Crippen molar-refractivity contribution in [2.45, 2.75) is 43.8 Å². The number of hydrogen-bond donors (Lipinski definition) is 2. The summed E-state index contributed by atoms with van der Waals surface area (Å²) in [5.74, 6) is -1.76. The zero-order chi connectivity index (χ0) is 22.6. The van der Waals surface area contributed by atoms with Crippen LogP contribution in [0.3, 0.4) is 0 Å². The molecule has 31 heavy (non-hydrogen) atoms. The van der Waals surface area contributed by atoms with Crippen LogP contribution in [0.2, 0.25) is 0 Å². The van der Waals surface area contributed by atoms with Crippen LogP contribution in [0.1, 0.15) is 29.2 Å². The summed E-state index contributed by atoms with van der Waals surface area (Å²) in [5, 5.41) is 13.7. The van der Waals surface area contributed by atoms with E-state index in [2.05, 4.69) is 20.4 Å². The second-order valence-corrected chi connectivity index (χ2v) is 7.19. The molecule has 0 aliphatic carbocycles. The molecule has 0 bridgehead atoms. The molecule has 0 aromatic carbocycles. The zero-order valence-electron chi connectivity index (χ0n) is 16.6. The van der Waals surface area contributed by atoms with E-state index in [0.29, 0.717) is 6.04 Å². The quantitative estimate of drug-likeness (QED) is 0.720. The van der Waals surface area contributed by atoms with Crippen LogP contribution in [0.25, 0.3) is 0 Å². The minimum Gasteiger partial charge on any atom is -0.475 e. The number of rotatable bonds is 4. The standard InChI is InChI=1S/C16H21N5O3.C2HF3O2/c1-20-7-6-17-14(20)10-21-9-11(15-12(21)3-2-8-23-15)19-16(22)13-4-5-18-24-13;3-2(4,5)1(6)7/h4-7,11-12,15H,2-3,8-10H2,1H3,(H,19,22);(H,6,7)/t11-,12-,15-;/m0./s1. The molecule has 170 valence electrons. The second kappa shape index (κ2) is 9.47. The third-order valence-corrected chi connectivity index (χ3v) is 5.12. The average Bonchev–Trinajstić information content (AvgIpc) is 3.45. The summed E-state index contributed by atoms with van der Waals surface area (Å²) in [4.78, 5) is 27.9. The number of amides is 1. The summed E-state index contributed by atoms with van der Waals surface area (Å²) in [5.41, 5.74) is 0. The van der Waals surface area contributed by atoms with Crippen molar-refractivity contribution in [3.05, 3.63) is 36.2 Å². The van der Waals surface area contributed by atoms with Crippen LogP contribution in [0, 0.1) is 0 Å². The van der Waals surface area contributed by atoms with Crippen molar-refractivity contribution in [3.63, 3.8) is 0 Å². The highest BCUT2D eigenvalue weighted by molar-refractivity contribution is 5.91. The lowest BCUT2D eigenvalue weighted by molar-refractivity contribution is -0.192. The zero-order valence-corrected chi connectivity index (χ0v) is 16.6. The van der Waals surface area contributed by atoms with Crippen molar-refractivity contribution in [2.24, 2.45) is 7.05 Å². The molecular weight excluding hydrogens is 423 g/mol. The number of fused-ring (bicyclic) bond motifs is 1.